The Hall–Kier alpha value is -1.88. The minimum atomic E-state index is -1.58. The van der Waals surface area contributed by atoms with Crippen LogP contribution in [0, 0.1) is 34.5 Å². The Balaban J connectivity index is 1.36. The standard InChI is InChI=1S/C34H48O9/c1-17-15-26(42-30(40)18(17)2)34(5,43-31-29(39)28(38)27(37)23(16-35)41-31)24-12-11-21-20-10-9-19-7-6-8-25(36)33(19,4)22(20)13-14-32(21,24)3/h6,8-9,20-24,26-29,31,35,37-39H,7,10-16H2,1-5H3. The number of cyclic esters (lactones) is 1. The third-order valence-corrected chi connectivity index (χ3v) is 12.8. The van der Waals surface area contributed by atoms with Crippen LogP contribution in [0.2, 0.25) is 0 Å². The van der Waals surface area contributed by atoms with Gasteiger partial charge in [0, 0.05) is 12.0 Å². The molecule has 13 unspecified atom stereocenters. The number of rotatable bonds is 5. The van der Waals surface area contributed by atoms with Crippen molar-refractivity contribution in [2.75, 3.05) is 6.61 Å². The summed E-state index contributed by atoms with van der Waals surface area (Å²) in [4.78, 5) is 26.4. The van der Waals surface area contributed by atoms with Crippen LogP contribution in [0.1, 0.15) is 79.6 Å². The summed E-state index contributed by atoms with van der Waals surface area (Å²) in [6, 6.07) is 0. The molecule has 4 N–H and O–H groups in total. The molecule has 0 spiro atoms. The van der Waals surface area contributed by atoms with Crippen LogP contribution < -0.4 is 0 Å². The highest BCUT2D eigenvalue weighted by Gasteiger charge is 2.65. The first-order valence-corrected chi connectivity index (χ1v) is 16.0. The first-order chi connectivity index (χ1) is 20.3. The van der Waals surface area contributed by atoms with Gasteiger partial charge in [-0.2, -0.15) is 0 Å². The molecule has 2 heterocycles. The average Bonchev–Trinajstić information content (AvgIpc) is 3.34. The first-order valence-electron chi connectivity index (χ1n) is 16.0. The third-order valence-electron chi connectivity index (χ3n) is 12.8. The summed E-state index contributed by atoms with van der Waals surface area (Å²) in [5.41, 5.74) is 0.940. The van der Waals surface area contributed by atoms with Gasteiger partial charge in [-0.1, -0.05) is 30.2 Å². The molecule has 0 aromatic carbocycles. The van der Waals surface area contributed by atoms with E-state index in [0.717, 1.165) is 44.1 Å². The van der Waals surface area contributed by atoms with Crippen LogP contribution in [0.3, 0.4) is 0 Å². The van der Waals surface area contributed by atoms with Gasteiger partial charge in [-0.3, -0.25) is 4.79 Å². The average molecular weight is 601 g/mol. The second-order valence-electron chi connectivity index (χ2n) is 14.7. The van der Waals surface area contributed by atoms with Crippen LogP contribution in [0.5, 0.6) is 0 Å². The van der Waals surface area contributed by atoms with Crippen molar-refractivity contribution in [3.05, 3.63) is 34.9 Å². The smallest absolute Gasteiger partial charge is 0.334 e. The second kappa shape index (κ2) is 10.9. The third kappa shape index (κ3) is 4.56. The van der Waals surface area contributed by atoms with Gasteiger partial charge in [0.25, 0.3) is 0 Å². The van der Waals surface area contributed by atoms with Gasteiger partial charge in [0.15, 0.2) is 12.1 Å². The highest BCUT2D eigenvalue weighted by atomic mass is 16.7. The Morgan fingerprint density at radius 1 is 1.05 bits per heavy atom. The number of ketones is 1. The lowest BCUT2D eigenvalue weighted by molar-refractivity contribution is -0.346. The topological polar surface area (TPSA) is 143 Å². The van der Waals surface area contributed by atoms with Crippen molar-refractivity contribution in [1.29, 1.82) is 0 Å². The fourth-order valence-electron chi connectivity index (χ4n) is 10.1. The molecule has 2 aliphatic heterocycles. The number of aliphatic hydroxyl groups is 4. The number of hydrogen-bond donors (Lipinski definition) is 4. The Labute approximate surface area is 254 Å². The zero-order chi connectivity index (χ0) is 31.1. The van der Waals surface area contributed by atoms with Crippen molar-refractivity contribution in [2.45, 2.75) is 122 Å². The van der Waals surface area contributed by atoms with Crippen LogP contribution in [0.25, 0.3) is 0 Å². The summed E-state index contributed by atoms with van der Waals surface area (Å²) in [6.45, 7) is 9.50. The van der Waals surface area contributed by atoms with Gasteiger partial charge < -0.3 is 34.6 Å². The molecule has 1 saturated heterocycles. The van der Waals surface area contributed by atoms with Crippen molar-refractivity contribution in [3.8, 4) is 0 Å². The molecule has 3 fully saturated rings. The Bertz CT molecular complexity index is 1250. The fraction of sp³-hybridized carbons (Fsp3) is 0.765. The molecule has 6 rings (SSSR count). The molecule has 13 atom stereocenters. The summed E-state index contributed by atoms with van der Waals surface area (Å²) < 4.78 is 18.7. The number of fused-ring (bicyclic) bond motifs is 5. The molecule has 0 aromatic rings. The number of carbonyl (C=O) groups excluding carboxylic acids is 2. The van der Waals surface area contributed by atoms with Crippen molar-refractivity contribution >= 4 is 11.8 Å². The molecule has 43 heavy (non-hydrogen) atoms. The van der Waals surface area contributed by atoms with Gasteiger partial charge >= 0.3 is 5.97 Å². The van der Waals surface area contributed by atoms with E-state index in [0.29, 0.717) is 23.8 Å². The summed E-state index contributed by atoms with van der Waals surface area (Å²) in [5.74, 6) is 0.632. The summed E-state index contributed by atoms with van der Waals surface area (Å²) in [6.07, 6.45) is 4.04. The van der Waals surface area contributed by atoms with Crippen LogP contribution >= 0.6 is 0 Å². The Morgan fingerprint density at radius 2 is 1.79 bits per heavy atom. The van der Waals surface area contributed by atoms with E-state index < -0.39 is 60.4 Å². The van der Waals surface area contributed by atoms with E-state index in [4.69, 9.17) is 14.2 Å². The summed E-state index contributed by atoms with van der Waals surface area (Å²) in [7, 11) is 0. The molecule has 9 nitrogen and oxygen atoms in total. The van der Waals surface area contributed by atoms with E-state index in [1.807, 2.05) is 19.9 Å². The quantitative estimate of drug-likeness (QED) is 0.277. The molecule has 4 aliphatic carbocycles. The predicted octanol–water partition coefficient (Wildman–Crippen LogP) is 3.14. The van der Waals surface area contributed by atoms with Gasteiger partial charge in [-0.25, -0.2) is 4.79 Å². The Kier molecular flexibility index (Phi) is 7.87. The van der Waals surface area contributed by atoms with Gasteiger partial charge in [-0.05, 0) is 101 Å². The molecule has 238 valence electrons. The molecule has 0 bridgehead atoms. The monoisotopic (exact) mass is 600 g/mol. The molecule has 6 aliphatic rings. The maximum absolute atomic E-state index is 13.4. The second-order valence-corrected chi connectivity index (χ2v) is 14.7. The van der Waals surface area contributed by atoms with E-state index in [2.05, 4.69) is 19.9 Å². The highest BCUT2D eigenvalue weighted by Crippen LogP contribution is 2.67. The number of esters is 1. The van der Waals surface area contributed by atoms with Crippen LogP contribution in [-0.2, 0) is 23.8 Å². The number of allylic oxidation sites excluding steroid dienone is 4. The van der Waals surface area contributed by atoms with Gasteiger partial charge in [0.1, 0.15) is 36.1 Å². The number of aliphatic hydroxyl groups excluding tert-OH is 4. The minimum Gasteiger partial charge on any atom is -0.456 e. The molecule has 9 heteroatoms. The first kappa shape index (κ1) is 31.1. The lowest BCUT2D eigenvalue weighted by Gasteiger charge is -2.58. The van der Waals surface area contributed by atoms with Gasteiger partial charge in [-0.15, -0.1) is 0 Å². The molecular weight excluding hydrogens is 552 g/mol. The Morgan fingerprint density at radius 3 is 2.49 bits per heavy atom. The zero-order valence-corrected chi connectivity index (χ0v) is 26.0. The summed E-state index contributed by atoms with van der Waals surface area (Å²) in [5, 5.41) is 41.8. The number of hydrogen-bond acceptors (Lipinski definition) is 9. The molecule has 0 amide bonds. The maximum atomic E-state index is 13.4. The van der Waals surface area contributed by atoms with E-state index in [9.17, 15) is 30.0 Å². The number of carbonyl (C=O) groups is 2. The van der Waals surface area contributed by atoms with E-state index in [-0.39, 0.29) is 23.0 Å². The van der Waals surface area contributed by atoms with Crippen molar-refractivity contribution in [3.63, 3.8) is 0 Å². The fourth-order valence-corrected chi connectivity index (χ4v) is 10.1. The molecule has 0 aromatic heterocycles. The van der Waals surface area contributed by atoms with Crippen LogP contribution in [0.15, 0.2) is 34.9 Å². The summed E-state index contributed by atoms with van der Waals surface area (Å²) >= 11 is 0. The zero-order valence-electron chi connectivity index (χ0n) is 26.0. The lowest BCUT2D eigenvalue weighted by Crippen LogP contribution is -2.64. The SMILES string of the molecule is CC1=C(C)C(=O)OC(C(C)(OC2OC(CO)C(O)C(O)C2O)C2CCC3C4CC=C5CC=CC(=O)C5(C)C4CCC32C)C1. The van der Waals surface area contributed by atoms with Crippen molar-refractivity contribution in [2.24, 2.45) is 34.5 Å². The van der Waals surface area contributed by atoms with E-state index >= 15 is 0 Å². The molecular formula is C34H48O9. The molecule has 0 radical (unpaired) electrons. The van der Waals surface area contributed by atoms with Gasteiger partial charge in [0.2, 0.25) is 0 Å². The van der Waals surface area contributed by atoms with E-state index in [1.54, 1.807) is 13.0 Å². The molecule has 2 saturated carbocycles. The maximum Gasteiger partial charge on any atom is 0.334 e. The highest BCUT2D eigenvalue weighted by molar-refractivity contribution is 5.98. The van der Waals surface area contributed by atoms with Crippen LogP contribution in [-0.4, -0.2) is 81.2 Å². The normalized spacial score (nSPS) is 47.7. The van der Waals surface area contributed by atoms with Crippen LogP contribution in [0.4, 0.5) is 0 Å². The lowest BCUT2D eigenvalue weighted by atomic mass is 9.47. The largest absolute Gasteiger partial charge is 0.456 e. The van der Waals surface area contributed by atoms with Crippen molar-refractivity contribution in [1.82, 2.24) is 0 Å². The minimum absolute atomic E-state index is 0.0949. The predicted molar refractivity (Wildman–Crippen MR) is 156 cm³/mol. The van der Waals surface area contributed by atoms with Gasteiger partial charge in [0.05, 0.1) is 12.0 Å². The van der Waals surface area contributed by atoms with Crippen molar-refractivity contribution < 1.29 is 44.2 Å². The number of ether oxygens (including phenoxy) is 3. The van der Waals surface area contributed by atoms with E-state index in [1.165, 1.54) is 5.57 Å².